The van der Waals surface area contributed by atoms with Gasteiger partial charge in [0.05, 0.1) is 6.10 Å². The van der Waals surface area contributed by atoms with E-state index in [0.29, 0.717) is 0 Å². The van der Waals surface area contributed by atoms with Crippen LogP contribution in [0.3, 0.4) is 0 Å². The number of sulfonamides is 1. The van der Waals surface area contributed by atoms with Crippen molar-refractivity contribution in [2.24, 2.45) is 7.05 Å². The molecule has 9 nitrogen and oxygen atoms in total. The monoisotopic (exact) mass is 342 g/mol. The lowest BCUT2D eigenvalue weighted by atomic mass is 10.2. The van der Waals surface area contributed by atoms with Crippen molar-refractivity contribution in [3.8, 4) is 0 Å². The van der Waals surface area contributed by atoms with Crippen molar-refractivity contribution in [1.82, 2.24) is 19.7 Å². The third-order valence-corrected chi connectivity index (χ3v) is 4.35. The standard InChI is InChI=1S/C7H11BrN4O5S/c1-3(13)4(7(14)15)10-18(16,17)6-5(8)9-11-12(6)2/h3-4,10,13H,1-2H3,(H,14,15). The van der Waals surface area contributed by atoms with Gasteiger partial charge in [-0.05, 0) is 22.9 Å². The number of carbonyl (C=O) groups is 1. The fourth-order valence-corrected chi connectivity index (χ4v) is 3.54. The molecule has 2 atom stereocenters. The van der Waals surface area contributed by atoms with Gasteiger partial charge in [-0.1, -0.05) is 5.21 Å². The molecular formula is C7H11BrN4O5S. The van der Waals surface area contributed by atoms with Gasteiger partial charge < -0.3 is 10.2 Å². The molecule has 0 amide bonds. The predicted octanol–water partition coefficient (Wildman–Crippen LogP) is -1.31. The highest BCUT2D eigenvalue weighted by molar-refractivity contribution is 9.10. The molecule has 11 heteroatoms. The first-order valence-corrected chi connectivity index (χ1v) is 6.93. The number of nitrogens with zero attached hydrogens (tertiary/aromatic N) is 3. The second-order valence-corrected chi connectivity index (χ2v) is 5.87. The fourth-order valence-electron chi connectivity index (χ4n) is 1.19. The summed E-state index contributed by atoms with van der Waals surface area (Å²) in [5.41, 5.74) is 0. The molecule has 0 saturated heterocycles. The van der Waals surface area contributed by atoms with Crippen LogP contribution in [-0.4, -0.2) is 51.7 Å². The maximum Gasteiger partial charge on any atom is 0.324 e. The summed E-state index contributed by atoms with van der Waals surface area (Å²) in [7, 11) is -2.83. The highest BCUT2D eigenvalue weighted by atomic mass is 79.9. The summed E-state index contributed by atoms with van der Waals surface area (Å²) in [5.74, 6) is -1.49. The summed E-state index contributed by atoms with van der Waals surface area (Å²) in [5, 5.41) is 24.7. The Morgan fingerprint density at radius 3 is 2.44 bits per heavy atom. The molecule has 1 aromatic rings. The number of aromatic nitrogens is 3. The zero-order valence-corrected chi connectivity index (χ0v) is 11.8. The second kappa shape index (κ2) is 5.30. The van der Waals surface area contributed by atoms with Gasteiger partial charge in [-0.15, -0.1) is 5.10 Å². The third-order valence-electron chi connectivity index (χ3n) is 2.02. The smallest absolute Gasteiger partial charge is 0.324 e. The number of aliphatic carboxylic acids is 1. The zero-order chi connectivity index (χ0) is 14.1. The average molecular weight is 343 g/mol. The Morgan fingerprint density at radius 1 is 1.56 bits per heavy atom. The Balaban J connectivity index is 3.13. The van der Waals surface area contributed by atoms with Crippen molar-refractivity contribution in [3.05, 3.63) is 4.60 Å². The summed E-state index contributed by atoms with van der Waals surface area (Å²) in [4.78, 5) is 10.8. The van der Waals surface area contributed by atoms with Gasteiger partial charge in [-0.2, -0.15) is 4.72 Å². The highest BCUT2D eigenvalue weighted by Gasteiger charge is 2.32. The predicted molar refractivity (Wildman–Crippen MR) is 62.1 cm³/mol. The zero-order valence-electron chi connectivity index (χ0n) is 9.40. The maximum absolute atomic E-state index is 11.9. The Bertz CT molecular complexity index is 535. The van der Waals surface area contributed by atoms with Crippen LogP contribution in [0.5, 0.6) is 0 Å². The van der Waals surface area contributed by atoms with E-state index in [1.165, 1.54) is 7.05 Å². The third kappa shape index (κ3) is 3.04. The number of hydrogen-bond donors (Lipinski definition) is 3. The summed E-state index contributed by atoms with van der Waals surface area (Å²) in [6.45, 7) is 1.16. The first-order chi connectivity index (χ1) is 8.16. The molecule has 18 heavy (non-hydrogen) atoms. The second-order valence-electron chi connectivity index (χ2n) is 3.49. The molecule has 0 aliphatic carbocycles. The Morgan fingerprint density at radius 2 is 2.11 bits per heavy atom. The molecule has 0 aliphatic heterocycles. The first kappa shape index (κ1) is 15.0. The van der Waals surface area contributed by atoms with E-state index in [1.807, 2.05) is 4.72 Å². The van der Waals surface area contributed by atoms with E-state index in [9.17, 15) is 18.3 Å². The molecule has 0 fully saturated rings. The van der Waals surface area contributed by atoms with Gasteiger partial charge >= 0.3 is 5.97 Å². The van der Waals surface area contributed by atoms with Crippen LogP contribution in [-0.2, 0) is 21.9 Å². The first-order valence-electron chi connectivity index (χ1n) is 4.65. The number of nitrogens with one attached hydrogen (secondary N) is 1. The molecule has 0 saturated carbocycles. The number of aryl methyl sites for hydroxylation is 1. The van der Waals surface area contributed by atoms with E-state index in [2.05, 4.69) is 26.2 Å². The molecule has 1 heterocycles. The normalized spacial score (nSPS) is 15.3. The molecular weight excluding hydrogens is 332 g/mol. The van der Waals surface area contributed by atoms with Gasteiger partial charge in [-0.25, -0.2) is 13.1 Å². The van der Waals surface area contributed by atoms with Crippen molar-refractivity contribution in [3.63, 3.8) is 0 Å². The van der Waals surface area contributed by atoms with Crippen LogP contribution in [0.1, 0.15) is 6.92 Å². The van der Waals surface area contributed by atoms with E-state index < -0.39 is 28.1 Å². The summed E-state index contributed by atoms with van der Waals surface area (Å²) in [6, 6.07) is -1.66. The summed E-state index contributed by atoms with van der Waals surface area (Å²) in [6.07, 6.45) is -1.39. The lowest BCUT2D eigenvalue weighted by Gasteiger charge is -2.16. The Labute approximate surface area is 111 Å². The lowest BCUT2D eigenvalue weighted by Crippen LogP contribution is -2.47. The lowest BCUT2D eigenvalue weighted by molar-refractivity contribution is -0.141. The number of rotatable bonds is 5. The van der Waals surface area contributed by atoms with Gasteiger partial charge in [0.2, 0.25) is 5.03 Å². The average Bonchev–Trinajstić information content (AvgIpc) is 2.54. The topological polar surface area (TPSA) is 134 Å². The van der Waals surface area contributed by atoms with Crippen molar-refractivity contribution < 1.29 is 23.4 Å². The molecule has 1 rings (SSSR count). The highest BCUT2D eigenvalue weighted by Crippen LogP contribution is 2.18. The molecule has 0 spiro atoms. The quantitative estimate of drug-likeness (QED) is 0.604. The van der Waals surface area contributed by atoms with Crippen LogP contribution in [0.25, 0.3) is 0 Å². The minimum absolute atomic E-state index is 0.0489. The Hall–Kier alpha value is -1.04. The maximum atomic E-state index is 11.9. The van der Waals surface area contributed by atoms with E-state index in [-0.39, 0.29) is 9.63 Å². The van der Waals surface area contributed by atoms with E-state index in [4.69, 9.17) is 5.11 Å². The number of carboxylic acid groups (broad SMARTS) is 1. The van der Waals surface area contributed by atoms with Crippen LogP contribution < -0.4 is 4.72 Å². The van der Waals surface area contributed by atoms with Crippen molar-refractivity contribution >= 4 is 31.9 Å². The minimum atomic E-state index is -4.17. The molecule has 1 aromatic heterocycles. The SMILES string of the molecule is CC(O)C(NS(=O)(=O)c1c(Br)nnn1C)C(=O)O. The fraction of sp³-hybridized carbons (Fsp3) is 0.571. The van der Waals surface area contributed by atoms with Crippen LogP contribution in [0.4, 0.5) is 0 Å². The van der Waals surface area contributed by atoms with Crippen LogP contribution >= 0.6 is 15.9 Å². The molecule has 102 valence electrons. The van der Waals surface area contributed by atoms with Crippen LogP contribution in [0.2, 0.25) is 0 Å². The number of halogens is 1. The minimum Gasteiger partial charge on any atom is -0.480 e. The molecule has 0 bridgehead atoms. The van der Waals surface area contributed by atoms with E-state index in [0.717, 1.165) is 11.6 Å². The van der Waals surface area contributed by atoms with E-state index >= 15 is 0 Å². The van der Waals surface area contributed by atoms with Gasteiger partial charge in [0.15, 0.2) is 4.60 Å². The molecule has 2 unspecified atom stereocenters. The molecule has 0 radical (unpaired) electrons. The van der Waals surface area contributed by atoms with Crippen LogP contribution in [0.15, 0.2) is 9.63 Å². The number of aliphatic hydroxyl groups is 1. The number of aliphatic hydroxyl groups excluding tert-OH is 1. The van der Waals surface area contributed by atoms with E-state index in [1.54, 1.807) is 0 Å². The number of carboxylic acids is 1. The molecule has 0 aliphatic rings. The molecule has 0 aromatic carbocycles. The van der Waals surface area contributed by atoms with Gasteiger partial charge in [-0.3, -0.25) is 4.79 Å². The number of hydrogen-bond acceptors (Lipinski definition) is 6. The molecule has 3 N–H and O–H groups in total. The largest absolute Gasteiger partial charge is 0.480 e. The van der Waals surface area contributed by atoms with Crippen molar-refractivity contribution in [2.45, 2.75) is 24.1 Å². The van der Waals surface area contributed by atoms with Gasteiger partial charge in [0.1, 0.15) is 6.04 Å². The Kier molecular flexibility index (Phi) is 4.42. The summed E-state index contributed by atoms with van der Waals surface area (Å²) < 4.78 is 26.7. The summed E-state index contributed by atoms with van der Waals surface area (Å²) >= 11 is 2.89. The van der Waals surface area contributed by atoms with Crippen molar-refractivity contribution in [1.29, 1.82) is 0 Å². The van der Waals surface area contributed by atoms with Gasteiger partial charge in [0.25, 0.3) is 10.0 Å². The van der Waals surface area contributed by atoms with Gasteiger partial charge in [0, 0.05) is 7.05 Å². The van der Waals surface area contributed by atoms with Crippen molar-refractivity contribution in [2.75, 3.05) is 0 Å². The van der Waals surface area contributed by atoms with Crippen LogP contribution in [0, 0.1) is 0 Å².